The Bertz CT molecular complexity index is 562. The highest BCUT2D eigenvalue weighted by molar-refractivity contribution is 5.94. The molecule has 0 spiro atoms. The summed E-state index contributed by atoms with van der Waals surface area (Å²) in [6, 6.07) is 18.5. The highest BCUT2D eigenvalue weighted by Gasteiger charge is 1.99. The Labute approximate surface area is 108 Å². The third-order valence-corrected chi connectivity index (χ3v) is 2.87. The Balaban J connectivity index is 2.29. The molecule has 0 radical (unpaired) electrons. The molecule has 0 saturated heterocycles. The van der Waals surface area contributed by atoms with E-state index in [1.807, 2.05) is 25.1 Å². The highest BCUT2D eigenvalue weighted by Crippen LogP contribution is 2.22. The molecule has 18 heavy (non-hydrogen) atoms. The Hall–Kier alpha value is -2.15. The van der Waals surface area contributed by atoms with E-state index in [-0.39, 0.29) is 5.78 Å². The predicted molar refractivity (Wildman–Crippen MR) is 76.2 cm³/mol. The summed E-state index contributed by atoms with van der Waals surface area (Å²) in [5, 5.41) is 0. The molecular formula is C17H16O. The summed E-state index contributed by atoms with van der Waals surface area (Å²) in [4.78, 5) is 11.0. The molecule has 0 unspecified atom stereocenters. The van der Waals surface area contributed by atoms with Gasteiger partial charge in [0.15, 0.2) is 5.78 Å². The third-order valence-electron chi connectivity index (χ3n) is 2.87. The molecule has 0 aliphatic carbocycles. The van der Waals surface area contributed by atoms with Crippen molar-refractivity contribution in [2.45, 2.75) is 13.8 Å². The van der Waals surface area contributed by atoms with Gasteiger partial charge in [-0.3, -0.25) is 4.79 Å². The van der Waals surface area contributed by atoms with Crippen molar-refractivity contribution in [2.75, 3.05) is 0 Å². The number of rotatable bonds is 3. The van der Waals surface area contributed by atoms with Crippen LogP contribution in [0.3, 0.4) is 0 Å². The van der Waals surface area contributed by atoms with Crippen LogP contribution in [0.5, 0.6) is 0 Å². The third kappa shape index (κ3) is 2.95. The first-order valence-corrected chi connectivity index (χ1v) is 6.01. The first-order chi connectivity index (χ1) is 8.66. The lowest BCUT2D eigenvalue weighted by Gasteiger charge is -2.04. The molecule has 0 aromatic heterocycles. The van der Waals surface area contributed by atoms with Crippen LogP contribution in [0.15, 0.2) is 60.7 Å². The van der Waals surface area contributed by atoms with Crippen molar-refractivity contribution in [3.05, 3.63) is 66.2 Å². The Morgan fingerprint density at radius 1 is 0.833 bits per heavy atom. The van der Waals surface area contributed by atoms with Crippen molar-refractivity contribution in [1.82, 2.24) is 0 Å². The van der Waals surface area contributed by atoms with E-state index in [0.29, 0.717) is 0 Å². The molecule has 0 aliphatic heterocycles. The first-order valence-electron chi connectivity index (χ1n) is 6.01. The van der Waals surface area contributed by atoms with Crippen LogP contribution in [-0.2, 0) is 4.79 Å². The van der Waals surface area contributed by atoms with E-state index in [9.17, 15) is 4.79 Å². The van der Waals surface area contributed by atoms with Crippen LogP contribution in [0.4, 0.5) is 0 Å². The molecule has 2 aromatic rings. The summed E-state index contributed by atoms with van der Waals surface area (Å²) >= 11 is 0. The fraction of sp³-hybridized carbons (Fsp3) is 0.118. The van der Waals surface area contributed by atoms with Crippen molar-refractivity contribution in [2.24, 2.45) is 0 Å². The molecule has 1 nitrogen and oxygen atoms in total. The molecule has 0 amide bonds. The molecule has 0 atom stereocenters. The van der Waals surface area contributed by atoms with E-state index in [2.05, 4.69) is 36.4 Å². The molecule has 0 N–H and O–H groups in total. The Morgan fingerprint density at radius 3 is 1.94 bits per heavy atom. The molecule has 90 valence electrons. The fourth-order valence-corrected chi connectivity index (χ4v) is 1.94. The van der Waals surface area contributed by atoms with Gasteiger partial charge in [-0.1, -0.05) is 54.6 Å². The second kappa shape index (κ2) is 5.46. The molecule has 0 fully saturated rings. The summed E-state index contributed by atoms with van der Waals surface area (Å²) in [6.07, 6.45) is 1.66. The predicted octanol–water partition coefficient (Wildman–Crippen LogP) is 4.35. The Kier molecular flexibility index (Phi) is 3.73. The smallest absolute Gasteiger partial charge is 0.152 e. The van der Waals surface area contributed by atoms with Gasteiger partial charge in [-0.15, -0.1) is 0 Å². The molecule has 0 heterocycles. The van der Waals surface area contributed by atoms with E-state index in [0.717, 1.165) is 11.1 Å². The topological polar surface area (TPSA) is 17.1 Å². The average Bonchev–Trinajstić information content (AvgIpc) is 2.39. The maximum Gasteiger partial charge on any atom is 0.152 e. The summed E-state index contributed by atoms with van der Waals surface area (Å²) in [5.41, 5.74) is 4.49. The van der Waals surface area contributed by atoms with Gasteiger partial charge in [0.2, 0.25) is 0 Å². The summed E-state index contributed by atoms with van der Waals surface area (Å²) in [5.74, 6) is 0.0830. The van der Waals surface area contributed by atoms with E-state index in [1.165, 1.54) is 11.1 Å². The number of ketones is 1. The maximum atomic E-state index is 11.0. The fourth-order valence-electron chi connectivity index (χ4n) is 1.94. The zero-order valence-electron chi connectivity index (χ0n) is 10.7. The molecule has 2 rings (SSSR count). The van der Waals surface area contributed by atoms with E-state index >= 15 is 0 Å². The number of hydrogen-bond acceptors (Lipinski definition) is 1. The van der Waals surface area contributed by atoms with Crippen molar-refractivity contribution in [3.63, 3.8) is 0 Å². The minimum Gasteiger partial charge on any atom is -0.295 e. The van der Waals surface area contributed by atoms with Crippen LogP contribution in [0.1, 0.15) is 19.4 Å². The summed E-state index contributed by atoms with van der Waals surface area (Å²) in [6.45, 7) is 3.53. The van der Waals surface area contributed by atoms with Crippen LogP contribution in [-0.4, -0.2) is 5.78 Å². The molecule has 0 saturated carbocycles. The van der Waals surface area contributed by atoms with E-state index in [1.54, 1.807) is 13.0 Å². The van der Waals surface area contributed by atoms with Crippen molar-refractivity contribution >= 4 is 11.4 Å². The minimum atomic E-state index is 0.0830. The van der Waals surface area contributed by atoms with Crippen LogP contribution in [0.2, 0.25) is 0 Å². The van der Waals surface area contributed by atoms with Crippen LogP contribution >= 0.6 is 0 Å². The minimum absolute atomic E-state index is 0.0830. The maximum absolute atomic E-state index is 11.0. The van der Waals surface area contributed by atoms with Gasteiger partial charge in [0.25, 0.3) is 0 Å². The molecular weight excluding hydrogens is 220 g/mol. The summed E-state index contributed by atoms with van der Waals surface area (Å²) < 4.78 is 0. The number of benzene rings is 2. The average molecular weight is 236 g/mol. The zero-order chi connectivity index (χ0) is 13.0. The van der Waals surface area contributed by atoms with Gasteiger partial charge in [-0.2, -0.15) is 0 Å². The van der Waals surface area contributed by atoms with Crippen molar-refractivity contribution in [1.29, 1.82) is 0 Å². The van der Waals surface area contributed by atoms with Crippen molar-refractivity contribution in [3.8, 4) is 11.1 Å². The van der Waals surface area contributed by atoms with Gasteiger partial charge in [0.1, 0.15) is 0 Å². The van der Waals surface area contributed by atoms with Gasteiger partial charge >= 0.3 is 0 Å². The number of carbonyl (C=O) groups excluding carboxylic acids is 1. The largest absolute Gasteiger partial charge is 0.295 e. The highest BCUT2D eigenvalue weighted by atomic mass is 16.1. The van der Waals surface area contributed by atoms with Crippen molar-refractivity contribution < 1.29 is 4.79 Å². The molecule has 1 heteroatoms. The Morgan fingerprint density at radius 2 is 1.39 bits per heavy atom. The lowest BCUT2D eigenvalue weighted by atomic mass is 10.0. The van der Waals surface area contributed by atoms with E-state index < -0.39 is 0 Å². The lowest BCUT2D eigenvalue weighted by molar-refractivity contribution is -0.112. The SMILES string of the molecule is CC(=O)/C=C(\C)c1ccc(-c2ccccc2)cc1. The summed E-state index contributed by atoms with van der Waals surface area (Å²) in [7, 11) is 0. The van der Waals surface area contributed by atoms with Gasteiger partial charge in [-0.25, -0.2) is 0 Å². The molecule has 2 aromatic carbocycles. The monoisotopic (exact) mass is 236 g/mol. The quantitative estimate of drug-likeness (QED) is 0.724. The number of carbonyl (C=O) groups is 1. The normalized spacial score (nSPS) is 11.3. The number of hydrogen-bond donors (Lipinski definition) is 0. The number of allylic oxidation sites excluding steroid dienone is 2. The second-order valence-electron chi connectivity index (χ2n) is 4.38. The standard InChI is InChI=1S/C17H16O/c1-13(12-14(2)18)15-8-10-17(11-9-15)16-6-4-3-5-7-16/h3-12H,1-2H3/b13-12+. The molecule has 0 aliphatic rings. The molecule has 0 bridgehead atoms. The van der Waals surface area contributed by atoms with Gasteiger partial charge < -0.3 is 0 Å². The van der Waals surface area contributed by atoms with Crippen LogP contribution < -0.4 is 0 Å². The van der Waals surface area contributed by atoms with Crippen LogP contribution in [0, 0.1) is 0 Å². The lowest BCUT2D eigenvalue weighted by Crippen LogP contribution is -1.86. The van der Waals surface area contributed by atoms with Gasteiger partial charge in [0, 0.05) is 0 Å². The van der Waals surface area contributed by atoms with Crippen LogP contribution in [0.25, 0.3) is 16.7 Å². The zero-order valence-corrected chi connectivity index (χ0v) is 10.7. The van der Waals surface area contributed by atoms with E-state index in [4.69, 9.17) is 0 Å². The van der Waals surface area contributed by atoms with Gasteiger partial charge in [-0.05, 0) is 42.2 Å². The first kappa shape index (κ1) is 12.3. The van der Waals surface area contributed by atoms with Gasteiger partial charge in [0.05, 0.1) is 0 Å². The second-order valence-corrected chi connectivity index (χ2v) is 4.38.